The zero-order valence-corrected chi connectivity index (χ0v) is 8.25. The summed E-state index contributed by atoms with van der Waals surface area (Å²) in [5.41, 5.74) is 2.09. The molecule has 0 aliphatic carbocycles. The van der Waals surface area contributed by atoms with Crippen LogP contribution in [0.4, 0.5) is 4.39 Å². The Morgan fingerprint density at radius 1 is 1.57 bits per heavy atom. The Bertz CT molecular complexity index is 347. The topological polar surface area (TPSA) is 55.1 Å². The van der Waals surface area contributed by atoms with Crippen LogP contribution in [0.25, 0.3) is 0 Å². The van der Waals surface area contributed by atoms with Gasteiger partial charge < -0.3 is 5.11 Å². The highest BCUT2D eigenvalue weighted by atomic mass is 19.1. The molecule has 0 amide bonds. The highest BCUT2D eigenvalue weighted by molar-refractivity contribution is 5.70. The number of rotatable bonds is 4. The number of aryl methyl sites for hydroxylation is 2. The third-order valence-electron chi connectivity index (χ3n) is 2.16. The fourth-order valence-electron chi connectivity index (χ4n) is 1.44. The molecule has 0 aromatic carbocycles. The molecule has 5 heteroatoms. The van der Waals surface area contributed by atoms with E-state index >= 15 is 0 Å². The van der Waals surface area contributed by atoms with Crippen molar-refractivity contribution < 1.29 is 14.3 Å². The Morgan fingerprint density at radius 3 is 2.71 bits per heavy atom. The first kappa shape index (κ1) is 10.7. The molecule has 1 aromatic rings. The average molecular weight is 200 g/mol. The van der Waals surface area contributed by atoms with Gasteiger partial charge in [-0.15, -0.1) is 0 Å². The van der Waals surface area contributed by atoms with E-state index in [1.165, 1.54) is 4.68 Å². The van der Waals surface area contributed by atoms with Crippen LogP contribution in [0.5, 0.6) is 0 Å². The molecular weight excluding hydrogens is 187 g/mol. The number of nitrogens with zero attached hydrogens (tertiary/aromatic N) is 2. The summed E-state index contributed by atoms with van der Waals surface area (Å²) in [7, 11) is 0. The minimum Gasteiger partial charge on any atom is -0.481 e. The van der Waals surface area contributed by atoms with Crippen molar-refractivity contribution in [2.75, 3.05) is 6.67 Å². The summed E-state index contributed by atoms with van der Waals surface area (Å²) < 4.78 is 13.6. The van der Waals surface area contributed by atoms with Gasteiger partial charge in [0.15, 0.2) is 0 Å². The van der Waals surface area contributed by atoms with Crippen LogP contribution in [0.2, 0.25) is 0 Å². The maximum Gasteiger partial charge on any atom is 0.307 e. The van der Waals surface area contributed by atoms with Crippen LogP contribution < -0.4 is 0 Å². The number of carboxylic acid groups (broad SMARTS) is 1. The molecule has 0 unspecified atom stereocenters. The lowest BCUT2D eigenvalue weighted by Crippen LogP contribution is -2.06. The molecule has 4 nitrogen and oxygen atoms in total. The number of hydrogen-bond donors (Lipinski definition) is 1. The molecule has 0 saturated carbocycles. The van der Waals surface area contributed by atoms with Crippen molar-refractivity contribution in [3.05, 3.63) is 17.0 Å². The second-order valence-corrected chi connectivity index (χ2v) is 3.13. The molecule has 14 heavy (non-hydrogen) atoms. The molecule has 1 heterocycles. The van der Waals surface area contributed by atoms with Gasteiger partial charge in [0.05, 0.1) is 18.7 Å². The van der Waals surface area contributed by atoms with Gasteiger partial charge in [0.2, 0.25) is 0 Å². The van der Waals surface area contributed by atoms with E-state index in [1.54, 1.807) is 13.8 Å². The van der Waals surface area contributed by atoms with E-state index in [0.29, 0.717) is 11.3 Å². The van der Waals surface area contributed by atoms with Crippen LogP contribution in [-0.2, 0) is 17.8 Å². The Labute approximate surface area is 81.3 Å². The van der Waals surface area contributed by atoms with Crippen LogP contribution >= 0.6 is 0 Å². The molecule has 0 aliphatic heterocycles. The predicted octanol–water partition coefficient (Wildman–Crippen LogP) is 1.10. The number of carbonyl (C=O) groups is 1. The molecule has 0 atom stereocenters. The van der Waals surface area contributed by atoms with E-state index in [1.807, 2.05) is 0 Å². The van der Waals surface area contributed by atoms with Crippen molar-refractivity contribution in [1.29, 1.82) is 0 Å². The number of halogens is 1. The molecule has 78 valence electrons. The third-order valence-corrected chi connectivity index (χ3v) is 2.16. The maximum atomic E-state index is 12.1. The standard InChI is InChI=1S/C9H13FN2O2/c1-6-8(5-9(13)14)7(2)12(11-6)4-3-10/h3-5H2,1-2H3,(H,13,14). The zero-order chi connectivity index (χ0) is 10.7. The lowest BCUT2D eigenvalue weighted by molar-refractivity contribution is -0.136. The largest absolute Gasteiger partial charge is 0.481 e. The van der Waals surface area contributed by atoms with Crippen LogP contribution in [-0.4, -0.2) is 27.5 Å². The molecule has 0 radical (unpaired) electrons. The lowest BCUT2D eigenvalue weighted by Gasteiger charge is -2.00. The van der Waals surface area contributed by atoms with E-state index in [-0.39, 0.29) is 13.0 Å². The van der Waals surface area contributed by atoms with Gasteiger partial charge in [0, 0.05) is 11.3 Å². The van der Waals surface area contributed by atoms with E-state index in [2.05, 4.69) is 5.10 Å². The first-order valence-electron chi connectivity index (χ1n) is 4.37. The van der Waals surface area contributed by atoms with Crippen molar-refractivity contribution in [3.63, 3.8) is 0 Å². The summed E-state index contributed by atoms with van der Waals surface area (Å²) in [6, 6.07) is 0. The molecule has 0 fully saturated rings. The van der Waals surface area contributed by atoms with Crippen LogP contribution in [0.1, 0.15) is 17.0 Å². The van der Waals surface area contributed by atoms with Gasteiger partial charge in [-0.25, -0.2) is 4.39 Å². The summed E-state index contributed by atoms with van der Waals surface area (Å²) in [4.78, 5) is 10.5. The normalized spacial score (nSPS) is 10.5. The maximum absolute atomic E-state index is 12.1. The Balaban J connectivity index is 2.98. The van der Waals surface area contributed by atoms with Gasteiger partial charge in [-0.05, 0) is 13.8 Å². The smallest absolute Gasteiger partial charge is 0.307 e. The summed E-state index contributed by atoms with van der Waals surface area (Å²) in [5.74, 6) is -0.893. The van der Waals surface area contributed by atoms with Gasteiger partial charge in [-0.3, -0.25) is 9.48 Å². The molecule has 0 saturated heterocycles. The summed E-state index contributed by atoms with van der Waals surface area (Å²) >= 11 is 0. The summed E-state index contributed by atoms with van der Waals surface area (Å²) in [5, 5.41) is 12.7. The summed E-state index contributed by atoms with van der Waals surface area (Å²) in [6.45, 7) is 3.19. The molecule has 0 spiro atoms. The second-order valence-electron chi connectivity index (χ2n) is 3.13. The van der Waals surface area contributed by atoms with E-state index in [9.17, 15) is 9.18 Å². The molecule has 0 aliphatic rings. The molecule has 1 rings (SSSR count). The fraction of sp³-hybridized carbons (Fsp3) is 0.556. The van der Waals surface area contributed by atoms with E-state index < -0.39 is 12.6 Å². The first-order valence-corrected chi connectivity index (χ1v) is 4.37. The Kier molecular flexibility index (Phi) is 3.22. The van der Waals surface area contributed by atoms with Crippen LogP contribution in [0.3, 0.4) is 0 Å². The fourth-order valence-corrected chi connectivity index (χ4v) is 1.44. The predicted molar refractivity (Wildman–Crippen MR) is 49.0 cm³/mol. The molecule has 1 N–H and O–H groups in total. The van der Waals surface area contributed by atoms with Gasteiger partial charge >= 0.3 is 5.97 Å². The van der Waals surface area contributed by atoms with Gasteiger partial charge in [-0.2, -0.15) is 5.10 Å². The monoisotopic (exact) mass is 200 g/mol. The minimum absolute atomic E-state index is 0.0516. The van der Waals surface area contributed by atoms with Crippen molar-refractivity contribution in [3.8, 4) is 0 Å². The highest BCUT2D eigenvalue weighted by Gasteiger charge is 2.13. The van der Waals surface area contributed by atoms with Gasteiger partial charge in [0.1, 0.15) is 6.67 Å². The van der Waals surface area contributed by atoms with Crippen LogP contribution in [0, 0.1) is 13.8 Å². The lowest BCUT2D eigenvalue weighted by atomic mass is 10.1. The van der Waals surface area contributed by atoms with Crippen molar-refractivity contribution in [2.24, 2.45) is 0 Å². The van der Waals surface area contributed by atoms with E-state index in [4.69, 9.17) is 5.11 Å². The first-order chi connectivity index (χ1) is 6.56. The highest BCUT2D eigenvalue weighted by Crippen LogP contribution is 2.13. The average Bonchev–Trinajstić information content (AvgIpc) is 2.33. The van der Waals surface area contributed by atoms with Crippen LogP contribution in [0.15, 0.2) is 0 Å². The van der Waals surface area contributed by atoms with Crippen molar-refractivity contribution in [2.45, 2.75) is 26.8 Å². The van der Waals surface area contributed by atoms with Gasteiger partial charge in [0.25, 0.3) is 0 Å². The molecule has 0 bridgehead atoms. The minimum atomic E-state index is -0.893. The number of aliphatic carboxylic acids is 1. The Morgan fingerprint density at radius 2 is 2.21 bits per heavy atom. The van der Waals surface area contributed by atoms with Crippen molar-refractivity contribution in [1.82, 2.24) is 9.78 Å². The quantitative estimate of drug-likeness (QED) is 0.791. The number of hydrogen-bond acceptors (Lipinski definition) is 2. The third kappa shape index (κ3) is 2.10. The second kappa shape index (κ2) is 4.21. The SMILES string of the molecule is Cc1nn(CCF)c(C)c1CC(=O)O. The summed E-state index contributed by atoms with van der Waals surface area (Å²) in [6.07, 6.45) is -0.0516. The van der Waals surface area contributed by atoms with Gasteiger partial charge in [-0.1, -0.05) is 0 Å². The van der Waals surface area contributed by atoms with E-state index in [0.717, 1.165) is 5.69 Å². The molecule has 1 aromatic heterocycles. The number of carboxylic acids is 1. The van der Waals surface area contributed by atoms with Crippen molar-refractivity contribution >= 4 is 5.97 Å². The molecular formula is C9H13FN2O2. The number of aromatic nitrogens is 2. The zero-order valence-electron chi connectivity index (χ0n) is 8.25. The number of alkyl halides is 1. The Hall–Kier alpha value is -1.39.